The Kier molecular flexibility index (Phi) is 6.19. The molecule has 2 aromatic carbocycles. The smallest absolute Gasteiger partial charge is 0.267 e. The van der Waals surface area contributed by atoms with Gasteiger partial charge in [-0.2, -0.15) is 5.10 Å². The normalized spacial score (nSPS) is 10.6. The Morgan fingerprint density at radius 1 is 1.04 bits per heavy atom. The first-order valence-corrected chi connectivity index (χ1v) is 9.52. The Labute approximate surface area is 166 Å². The van der Waals surface area contributed by atoms with Crippen molar-refractivity contribution >= 4 is 21.8 Å². The van der Waals surface area contributed by atoms with Crippen LogP contribution in [0.3, 0.4) is 0 Å². The van der Waals surface area contributed by atoms with Gasteiger partial charge in [0.2, 0.25) is 5.91 Å². The van der Waals surface area contributed by atoms with Gasteiger partial charge in [-0.05, 0) is 30.7 Å². The van der Waals surface area contributed by atoms with Gasteiger partial charge in [0.1, 0.15) is 6.54 Å². The van der Waals surface area contributed by atoms with E-state index in [1.165, 1.54) is 10.7 Å². The molecule has 3 rings (SSSR count). The fourth-order valence-corrected chi connectivity index (χ4v) is 3.01. The summed E-state index contributed by atoms with van der Waals surface area (Å²) in [6.07, 6.45) is 0. The molecular formula is C21H20BrN3O2. The third-order valence-corrected chi connectivity index (χ3v) is 4.77. The molecule has 3 aromatic rings. The molecule has 138 valence electrons. The molecule has 0 aliphatic rings. The van der Waals surface area contributed by atoms with Gasteiger partial charge < -0.3 is 4.90 Å². The summed E-state index contributed by atoms with van der Waals surface area (Å²) in [5.41, 5.74) is 2.30. The van der Waals surface area contributed by atoms with Crippen molar-refractivity contribution in [2.24, 2.45) is 0 Å². The van der Waals surface area contributed by atoms with Crippen molar-refractivity contribution in [1.29, 1.82) is 0 Å². The lowest BCUT2D eigenvalue weighted by Crippen LogP contribution is -2.36. The lowest BCUT2D eigenvalue weighted by Gasteiger charge is -2.21. The van der Waals surface area contributed by atoms with Crippen molar-refractivity contribution in [3.8, 4) is 11.3 Å². The zero-order chi connectivity index (χ0) is 19.2. The number of likely N-dealkylation sites (N-methyl/N-ethyl adjacent to an activating group) is 1. The molecular weight excluding hydrogens is 406 g/mol. The molecule has 6 heteroatoms. The molecule has 0 unspecified atom stereocenters. The van der Waals surface area contributed by atoms with Gasteiger partial charge >= 0.3 is 0 Å². The average Bonchev–Trinajstić information content (AvgIpc) is 2.69. The molecule has 0 spiro atoms. The van der Waals surface area contributed by atoms with Gasteiger partial charge in [-0.3, -0.25) is 9.59 Å². The number of rotatable bonds is 6. The Morgan fingerprint density at radius 2 is 1.74 bits per heavy atom. The molecule has 0 atom stereocenters. The van der Waals surface area contributed by atoms with E-state index in [4.69, 9.17) is 0 Å². The van der Waals surface area contributed by atoms with Crippen LogP contribution in [0.5, 0.6) is 0 Å². The summed E-state index contributed by atoms with van der Waals surface area (Å²) < 4.78 is 2.20. The van der Waals surface area contributed by atoms with Crippen molar-refractivity contribution in [2.75, 3.05) is 6.54 Å². The zero-order valence-electron chi connectivity index (χ0n) is 15.0. The van der Waals surface area contributed by atoms with Crippen LogP contribution in [0, 0.1) is 0 Å². The molecule has 0 aliphatic heterocycles. The molecule has 0 fully saturated rings. The van der Waals surface area contributed by atoms with Gasteiger partial charge in [-0.25, -0.2) is 4.68 Å². The number of carbonyl (C=O) groups is 1. The van der Waals surface area contributed by atoms with Crippen LogP contribution in [-0.4, -0.2) is 27.1 Å². The lowest BCUT2D eigenvalue weighted by molar-refractivity contribution is -0.132. The molecule has 0 saturated carbocycles. The lowest BCUT2D eigenvalue weighted by atomic mass is 10.1. The first-order valence-electron chi connectivity index (χ1n) is 8.72. The minimum Gasteiger partial charge on any atom is -0.337 e. The number of aromatic nitrogens is 2. The number of halogens is 1. The SMILES string of the molecule is CCN(Cc1ccccc1)C(=O)Cn1nc(-c2ccc(Br)cc2)ccc1=O. The Morgan fingerprint density at radius 3 is 2.41 bits per heavy atom. The van der Waals surface area contributed by atoms with Gasteiger partial charge in [-0.15, -0.1) is 0 Å². The number of amides is 1. The highest BCUT2D eigenvalue weighted by atomic mass is 79.9. The second-order valence-electron chi connectivity index (χ2n) is 6.11. The number of carbonyl (C=O) groups excluding carboxylic acids is 1. The van der Waals surface area contributed by atoms with Gasteiger partial charge in [0.05, 0.1) is 5.69 Å². The van der Waals surface area contributed by atoms with Crippen molar-refractivity contribution in [3.63, 3.8) is 0 Å². The number of benzene rings is 2. The van der Waals surface area contributed by atoms with Gasteiger partial charge in [0.15, 0.2) is 0 Å². The van der Waals surface area contributed by atoms with E-state index < -0.39 is 0 Å². The highest BCUT2D eigenvalue weighted by molar-refractivity contribution is 9.10. The fraction of sp³-hybridized carbons (Fsp3) is 0.190. The van der Waals surface area contributed by atoms with Gasteiger partial charge in [0.25, 0.3) is 5.56 Å². The van der Waals surface area contributed by atoms with Crippen LogP contribution in [-0.2, 0) is 17.9 Å². The van der Waals surface area contributed by atoms with E-state index in [0.29, 0.717) is 18.8 Å². The van der Waals surface area contributed by atoms with Gasteiger partial charge in [0, 0.05) is 29.2 Å². The minimum absolute atomic E-state index is 0.0795. The summed E-state index contributed by atoms with van der Waals surface area (Å²) in [4.78, 5) is 26.6. The molecule has 1 aromatic heterocycles. The van der Waals surface area contributed by atoms with Crippen molar-refractivity contribution in [1.82, 2.24) is 14.7 Å². The third-order valence-electron chi connectivity index (χ3n) is 4.24. The van der Waals surface area contributed by atoms with E-state index >= 15 is 0 Å². The van der Waals surface area contributed by atoms with E-state index in [1.54, 1.807) is 11.0 Å². The predicted molar refractivity (Wildman–Crippen MR) is 109 cm³/mol. The quantitative estimate of drug-likeness (QED) is 0.604. The average molecular weight is 426 g/mol. The molecule has 27 heavy (non-hydrogen) atoms. The highest BCUT2D eigenvalue weighted by Gasteiger charge is 2.15. The van der Waals surface area contributed by atoms with E-state index in [9.17, 15) is 9.59 Å². The summed E-state index contributed by atoms with van der Waals surface area (Å²) >= 11 is 3.40. The predicted octanol–water partition coefficient (Wildman–Crippen LogP) is 3.72. The molecule has 0 radical (unpaired) electrons. The van der Waals surface area contributed by atoms with Crippen molar-refractivity contribution in [3.05, 3.63) is 87.1 Å². The maximum absolute atomic E-state index is 12.7. The minimum atomic E-state index is -0.292. The first kappa shape index (κ1) is 19.0. The van der Waals surface area contributed by atoms with E-state index in [-0.39, 0.29) is 18.0 Å². The molecule has 5 nitrogen and oxygen atoms in total. The van der Waals surface area contributed by atoms with Crippen LogP contribution in [0.4, 0.5) is 0 Å². The second-order valence-corrected chi connectivity index (χ2v) is 7.03. The van der Waals surface area contributed by atoms with E-state index in [1.807, 2.05) is 61.5 Å². The van der Waals surface area contributed by atoms with Crippen LogP contribution in [0.15, 0.2) is 76.0 Å². The Balaban J connectivity index is 1.79. The fourth-order valence-electron chi connectivity index (χ4n) is 2.75. The number of nitrogens with zero attached hydrogens (tertiary/aromatic N) is 3. The summed E-state index contributed by atoms with van der Waals surface area (Å²) in [6.45, 7) is 2.92. The number of hydrogen-bond donors (Lipinski definition) is 0. The van der Waals surface area contributed by atoms with Crippen LogP contribution in [0.1, 0.15) is 12.5 Å². The maximum atomic E-state index is 12.7. The van der Waals surface area contributed by atoms with Crippen LogP contribution >= 0.6 is 15.9 Å². The van der Waals surface area contributed by atoms with Gasteiger partial charge in [-0.1, -0.05) is 58.4 Å². The summed E-state index contributed by atoms with van der Waals surface area (Å²) in [5, 5.41) is 4.38. The highest BCUT2D eigenvalue weighted by Crippen LogP contribution is 2.18. The second kappa shape index (κ2) is 8.77. The summed E-state index contributed by atoms with van der Waals surface area (Å²) in [7, 11) is 0. The molecule has 0 aliphatic carbocycles. The molecule has 1 heterocycles. The van der Waals surface area contributed by atoms with E-state index in [2.05, 4.69) is 21.0 Å². The molecule has 0 saturated heterocycles. The zero-order valence-corrected chi connectivity index (χ0v) is 16.6. The van der Waals surface area contributed by atoms with Crippen LogP contribution in [0.2, 0.25) is 0 Å². The molecule has 0 bridgehead atoms. The van der Waals surface area contributed by atoms with Crippen molar-refractivity contribution < 1.29 is 4.79 Å². The first-order chi connectivity index (χ1) is 13.1. The summed E-state index contributed by atoms with van der Waals surface area (Å²) in [6, 6.07) is 20.6. The van der Waals surface area contributed by atoms with E-state index in [0.717, 1.165) is 15.6 Å². The standard InChI is InChI=1S/C21H20BrN3O2/c1-2-24(14-16-6-4-3-5-7-16)21(27)15-25-20(26)13-12-19(23-25)17-8-10-18(22)11-9-17/h3-13H,2,14-15H2,1H3. The van der Waals surface area contributed by atoms with Crippen LogP contribution < -0.4 is 5.56 Å². The molecule has 0 N–H and O–H groups in total. The maximum Gasteiger partial charge on any atom is 0.267 e. The largest absolute Gasteiger partial charge is 0.337 e. The van der Waals surface area contributed by atoms with Crippen molar-refractivity contribution in [2.45, 2.75) is 20.0 Å². The monoisotopic (exact) mass is 425 g/mol. The Hall–Kier alpha value is -2.73. The summed E-state index contributed by atoms with van der Waals surface area (Å²) in [5.74, 6) is -0.135. The third kappa shape index (κ3) is 4.92. The van der Waals surface area contributed by atoms with Crippen LogP contribution in [0.25, 0.3) is 11.3 Å². The molecule has 1 amide bonds. The number of hydrogen-bond acceptors (Lipinski definition) is 3. The topological polar surface area (TPSA) is 55.2 Å². The Bertz CT molecular complexity index is 969.